The van der Waals surface area contributed by atoms with Gasteiger partial charge in [-0.3, -0.25) is 14.9 Å². The van der Waals surface area contributed by atoms with Crippen molar-refractivity contribution in [2.24, 2.45) is 5.10 Å². The molecule has 1 atom stereocenters. The van der Waals surface area contributed by atoms with Gasteiger partial charge in [0.2, 0.25) is 18.0 Å². The summed E-state index contributed by atoms with van der Waals surface area (Å²) in [6.45, 7) is 1.32. The molecule has 2 aromatic rings. The number of benzene rings is 2. The largest absolute Gasteiger partial charge is 0.497 e. The van der Waals surface area contributed by atoms with E-state index in [9.17, 15) is 14.9 Å². The third-order valence-electron chi connectivity index (χ3n) is 3.68. The minimum absolute atomic E-state index is 0.138. The average molecular weight is 341 g/mol. The van der Waals surface area contributed by atoms with Gasteiger partial charge in [-0.1, -0.05) is 18.2 Å². The number of nitrogens with zero attached hydrogens (tertiary/aromatic N) is 3. The maximum absolute atomic E-state index is 12.0. The van der Waals surface area contributed by atoms with Gasteiger partial charge in [-0.2, -0.15) is 5.01 Å². The van der Waals surface area contributed by atoms with E-state index in [4.69, 9.17) is 9.47 Å². The molecule has 0 aliphatic carbocycles. The molecule has 0 aromatic heterocycles. The smallest absolute Gasteiger partial charge is 0.278 e. The second kappa shape index (κ2) is 6.60. The SMILES string of the molecule is COc1cccc(C2=NN(C(C)=O)C(c3ccccc3[N+](=O)[O-])O2)c1. The predicted molar refractivity (Wildman–Crippen MR) is 89.0 cm³/mol. The Morgan fingerprint density at radius 2 is 2.04 bits per heavy atom. The summed E-state index contributed by atoms with van der Waals surface area (Å²) in [6, 6.07) is 13.1. The Labute approximate surface area is 143 Å². The molecule has 0 N–H and O–H groups in total. The van der Waals surface area contributed by atoms with Crippen molar-refractivity contribution in [1.82, 2.24) is 5.01 Å². The number of hydrazone groups is 1. The summed E-state index contributed by atoms with van der Waals surface area (Å²) < 4.78 is 11.0. The number of carbonyl (C=O) groups excluding carboxylic acids is 1. The van der Waals surface area contributed by atoms with Gasteiger partial charge in [0.25, 0.3) is 5.69 Å². The van der Waals surface area contributed by atoms with E-state index in [1.54, 1.807) is 42.5 Å². The average Bonchev–Trinajstić information content (AvgIpc) is 3.07. The zero-order valence-corrected chi connectivity index (χ0v) is 13.6. The molecule has 1 unspecified atom stereocenters. The maximum Gasteiger partial charge on any atom is 0.278 e. The van der Waals surface area contributed by atoms with Crippen LogP contribution in [0, 0.1) is 10.1 Å². The molecule has 0 radical (unpaired) electrons. The second-order valence-electron chi connectivity index (χ2n) is 5.29. The van der Waals surface area contributed by atoms with Gasteiger partial charge in [0.05, 0.1) is 17.6 Å². The zero-order valence-electron chi connectivity index (χ0n) is 13.6. The van der Waals surface area contributed by atoms with Gasteiger partial charge in [-0.15, -0.1) is 5.10 Å². The summed E-state index contributed by atoms with van der Waals surface area (Å²) in [7, 11) is 1.54. The Kier molecular flexibility index (Phi) is 4.34. The van der Waals surface area contributed by atoms with E-state index in [1.165, 1.54) is 20.1 Å². The highest BCUT2D eigenvalue weighted by molar-refractivity contribution is 5.96. The van der Waals surface area contributed by atoms with Crippen molar-refractivity contribution < 1.29 is 19.2 Å². The Hall–Kier alpha value is -3.42. The number of ether oxygens (including phenoxy) is 2. The van der Waals surface area contributed by atoms with E-state index in [1.807, 2.05) is 0 Å². The molecule has 1 heterocycles. The lowest BCUT2D eigenvalue weighted by Crippen LogP contribution is -2.25. The van der Waals surface area contributed by atoms with Crippen LogP contribution in [0.2, 0.25) is 0 Å². The van der Waals surface area contributed by atoms with E-state index < -0.39 is 11.2 Å². The maximum atomic E-state index is 12.0. The van der Waals surface area contributed by atoms with Crippen LogP contribution < -0.4 is 4.74 Å². The molecule has 2 aromatic carbocycles. The van der Waals surface area contributed by atoms with E-state index in [0.29, 0.717) is 11.3 Å². The minimum atomic E-state index is -1.000. The predicted octanol–water partition coefficient (Wildman–Crippen LogP) is 2.84. The van der Waals surface area contributed by atoms with Crippen molar-refractivity contribution >= 4 is 17.5 Å². The molecule has 0 saturated carbocycles. The first-order valence-corrected chi connectivity index (χ1v) is 7.44. The number of amides is 1. The summed E-state index contributed by atoms with van der Waals surface area (Å²) in [5.74, 6) is 0.408. The molecule has 1 amide bonds. The van der Waals surface area contributed by atoms with E-state index >= 15 is 0 Å². The molecule has 8 nitrogen and oxygen atoms in total. The molecular weight excluding hydrogens is 326 g/mol. The summed E-state index contributed by atoms with van der Waals surface area (Å²) in [6.07, 6.45) is -1.000. The Morgan fingerprint density at radius 1 is 1.28 bits per heavy atom. The van der Waals surface area contributed by atoms with E-state index in [2.05, 4.69) is 5.10 Å². The Balaban J connectivity index is 2.01. The first-order chi connectivity index (χ1) is 12.0. The highest BCUT2D eigenvalue weighted by Crippen LogP contribution is 2.35. The molecule has 0 fully saturated rings. The van der Waals surface area contributed by atoms with Gasteiger partial charge in [0.1, 0.15) is 5.75 Å². The fourth-order valence-corrected chi connectivity index (χ4v) is 2.50. The van der Waals surface area contributed by atoms with Crippen LogP contribution in [0.25, 0.3) is 0 Å². The van der Waals surface area contributed by atoms with Crippen molar-refractivity contribution in [2.75, 3.05) is 7.11 Å². The molecule has 1 aliphatic heterocycles. The van der Waals surface area contributed by atoms with Crippen LogP contribution in [0.3, 0.4) is 0 Å². The van der Waals surface area contributed by atoms with Gasteiger partial charge >= 0.3 is 0 Å². The van der Waals surface area contributed by atoms with E-state index in [0.717, 1.165) is 5.01 Å². The van der Waals surface area contributed by atoms with Crippen molar-refractivity contribution in [3.63, 3.8) is 0 Å². The van der Waals surface area contributed by atoms with Crippen molar-refractivity contribution in [1.29, 1.82) is 0 Å². The normalized spacial score (nSPS) is 16.2. The monoisotopic (exact) mass is 341 g/mol. The Morgan fingerprint density at radius 3 is 2.72 bits per heavy atom. The molecule has 128 valence electrons. The number of para-hydroxylation sites is 1. The lowest BCUT2D eigenvalue weighted by molar-refractivity contribution is -0.386. The standard InChI is InChI=1S/C17H15N3O5/c1-11(21)19-17(14-8-3-4-9-15(14)20(22)23)25-16(18-19)12-6-5-7-13(10-12)24-2/h3-10,17H,1-2H3. The van der Waals surface area contributed by atoms with Crippen molar-refractivity contribution in [2.45, 2.75) is 13.2 Å². The molecule has 8 heteroatoms. The van der Waals surface area contributed by atoms with E-state index in [-0.39, 0.29) is 23.1 Å². The summed E-state index contributed by atoms with van der Waals surface area (Å²) in [5, 5.41) is 16.6. The fraction of sp³-hybridized carbons (Fsp3) is 0.176. The van der Waals surface area contributed by atoms with Crippen LogP contribution in [0.4, 0.5) is 5.69 Å². The van der Waals surface area contributed by atoms with Crippen LogP contribution in [0.5, 0.6) is 5.75 Å². The third kappa shape index (κ3) is 3.14. The highest BCUT2D eigenvalue weighted by atomic mass is 16.6. The number of hydrogen-bond acceptors (Lipinski definition) is 6. The number of rotatable bonds is 4. The molecule has 3 rings (SSSR count). The quantitative estimate of drug-likeness (QED) is 0.629. The van der Waals surface area contributed by atoms with Gasteiger partial charge in [-0.05, 0) is 24.3 Å². The van der Waals surface area contributed by atoms with Gasteiger partial charge in [0, 0.05) is 18.6 Å². The van der Waals surface area contributed by atoms with Crippen molar-refractivity contribution in [3.8, 4) is 5.75 Å². The first kappa shape index (κ1) is 16.4. The second-order valence-corrected chi connectivity index (χ2v) is 5.29. The molecular formula is C17H15N3O5. The molecule has 0 saturated heterocycles. The number of carbonyl (C=O) groups is 1. The van der Waals surface area contributed by atoms with Gasteiger partial charge in [0.15, 0.2) is 0 Å². The molecule has 25 heavy (non-hydrogen) atoms. The third-order valence-corrected chi connectivity index (χ3v) is 3.68. The number of nitro groups is 1. The fourth-order valence-electron chi connectivity index (χ4n) is 2.50. The lowest BCUT2D eigenvalue weighted by Gasteiger charge is -2.19. The molecule has 0 spiro atoms. The first-order valence-electron chi connectivity index (χ1n) is 7.44. The molecule has 0 bridgehead atoms. The number of hydrogen-bond donors (Lipinski definition) is 0. The minimum Gasteiger partial charge on any atom is -0.497 e. The number of methoxy groups -OCH3 is 1. The van der Waals surface area contributed by atoms with Crippen LogP contribution in [0.15, 0.2) is 53.6 Å². The summed E-state index contributed by atoms with van der Waals surface area (Å²) in [5.41, 5.74) is 0.719. The summed E-state index contributed by atoms with van der Waals surface area (Å²) >= 11 is 0. The van der Waals surface area contributed by atoms with Crippen molar-refractivity contribution in [3.05, 3.63) is 69.8 Å². The lowest BCUT2D eigenvalue weighted by atomic mass is 10.1. The van der Waals surface area contributed by atoms with Crippen LogP contribution in [-0.2, 0) is 9.53 Å². The van der Waals surface area contributed by atoms with Crippen LogP contribution in [-0.4, -0.2) is 28.8 Å². The number of nitro benzene ring substituents is 1. The summed E-state index contributed by atoms with van der Waals surface area (Å²) in [4.78, 5) is 22.7. The highest BCUT2D eigenvalue weighted by Gasteiger charge is 2.37. The zero-order chi connectivity index (χ0) is 18.0. The molecule has 1 aliphatic rings. The van der Waals surface area contributed by atoms with Gasteiger partial charge in [-0.25, -0.2) is 0 Å². The van der Waals surface area contributed by atoms with Crippen LogP contribution >= 0.6 is 0 Å². The van der Waals surface area contributed by atoms with Gasteiger partial charge < -0.3 is 9.47 Å². The topological polar surface area (TPSA) is 94.3 Å². The Bertz CT molecular complexity index is 865. The van der Waals surface area contributed by atoms with Crippen LogP contribution in [0.1, 0.15) is 24.3 Å².